The molecule has 6 heteroatoms. The van der Waals surface area contributed by atoms with Gasteiger partial charge in [0.1, 0.15) is 22.3 Å². The Morgan fingerprint density at radius 2 is 0.860 bits per heavy atom. The van der Waals surface area contributed by atoms with Crippen molar-refractivity contribution in [2.75, 3.05) is 0 Å². The molecule has 10 rings (SSSR count). The van der Waals surface area contributed by atoms with Crippen molar-refractivity contribution in [2.45, 2.75) is 0 Å². The molecule has 5 heterocycles. The zero-order valence-electron chi connectivity index (χ0n) is 26.6. The molecule has 0 spiro atoms. The zero-order valence-corrected chi connectivity index (χ0v) is 26.6. The van der Waals surface area contributed by atoms with Crippen LogP contribution in [-0.4, -0.2) is 19.9 Å². The van der Waals surface area contributed by atoms with Gasteiger partial charge in [0.15, 0.2) is 5.82 Å². The van der Waals surface area contributed by atoms with E-state index in [9.17, 15) is 0 Å². The summed E-state index contributed by atoms with van der Waals surface area (Å²) in [5, 5.41) is 4.25. The molecule has 5 aromatic carbocycles. The average molecular weight is 643 g/mol. The molecule has 234 valence electrons. The number of fused-ring (bicyclic) bond motifs is 6. The zero-order chi connectivity index (χ0) is 33.0. The van der Waals surface area contributed by atoms with E-state index in [4.69, 9.17) is 18.8 Å². The molecule has 0 radical (unpaired) electrons. The Kier molecular flexibility index (Phi) is 6.39. The van der Waals surface area contributed by atoms with Crippen LogP contribution in [0.4, 0.5) is 0 Å². The van der Waals surface area contributed by atoms with E-state index < -0.39 is 0 Å². The first kappa shape index (κ1) is 28.1. The number of pyridine rings is 2. The molecule has 6 nitrogen and oxygen atoms in total. The maximum atomic E-state index is 6.70. The summed E-state index contributed by atoms with van der Waals surface area (Å²) >= 11 is 0. The second-order valence-corrected chi connectivity index (χ2v) is 12.3. The van der Waals surface area contributed by atoms with E-state index in [0.717, 1.165) is 94.2 Å². The number of furan rings is 2. The lowest BCUT2D eigenvalue weighted by molar-refractivity contribution is 0.665. The molecule has 0 fully saturated rings. The molecular formula is C44H26N4O2. The minimum atomic E-state index is 0.613. The molecule has 5 aromatic heterocycles. The van der Waals surface area contributed by atoms with Gasteiger partial charge in [0, 0.05) is 74.1 Å². The summed E-state index contributed by atoms with van der Waals surface area (Å²) in [6, 6.07) is 45.4. The summed E-state index contributed by atoms with van der Waals surface area (Å²) in [5.41, 5.74) is 12.0. The van der Waals surface area contributed by atoms with E-state index in [0.29, 0.717) is 5.82 Å². The normalized spacial score (nSPS) is 11.6. The standard InChI is InChI=1S/C44H26N4O2/c1-2-10-40-32(5-1)34-6-3-8-36(42(34)49-40)37-9-4-7-35-33-16-15-31(25-41(33)50-43(35)37)44-47-38(26-39(48-44)30-19-23-46-24-20-30)29-13-11-27(12-14-29)28-17-21-45-22-18-28/h1-26H. The second-order valence-electron chi connectivity index (χ2n) is 12.3. The van der Waals surface area contributed by atoms with Crippen molar-refractivity contribution in [1.82, 2.24) is 19.9 Å². The van der Waals surface area contributed by atoms with Crippen molar-refractivity contribution in [3.63, 3.8) is 0 Å². The van der Waals surface area contributed by atoms with Gasteiger partial charge in [-0.1, -0.05) is 84.9 Å². The Bertz CT molecular complexity index is 2860. The number of aromatic nitrogens is 4. The highest BCUT2D eigenvalue weighted by molar-refractivity contribution is 6.15. The van der Waals surface area contributed by atoms with E-state index >= 15 is 0 Å². The molecule has 0 aliphatic carbocycles. The highest BCUT2D eigenvalue weighted by atomic mass is 16.3. The van der Waals surface area contributed by atoms with Gasteiger partial charge < -0.3 is 8.83 Å². The molecule has 0 aliphatic rings. The van der Waals surface area contributed by atoms with Crippen LogP contribution in [0, 0.1) is 0 Å². The summed E-state index contributed by atoms with van der Waals surface area (Å²) < 4.78 is 13.1. The van der Waals surface area contributed by atoms with E-state index in [2.05, 4.69) is 88.8 Å². The van der Waals surface area contributed by atoms with Gasteiger partial charge in [0.25, 0.3) is 0 Å². The number of rotatable bonds is 5. The Hall–Kier alpha value is -6.92. The lowest BCUT2D eigenvalue weighted by Gasteiger charge is -2.10. The van der Waals surface area contributed by atoms with E-state index in [1.165, 1.54) is 0 Å². The Labute approximate surface area is 286 Å². The number of benzene rings is 5. The van der Waals surface area contributed by atoms with Gasteiger partial charge in [0.05, 0.1) is 11.4 Å². The number of nitrogens with zero attached hydrogens (tertiary/aromatic N) is 4. The minimum absolute atomic E-state index is 0.613. The third-order valence-corrected chi connectivity index (χ3v) is 9.35. The van der Waals surface area contributed by atoms with Crippen LogP contribution in [0.15, 0.2) is 167 Å². The average Bonchev–Trinajstić information content (AvgIpc) is 3.77. The van der Waals surface area contributed by atoms with Crippen molar-refractivity contribution in [3.8, 4) is 56.2 Å². The highest BCUT2D eigenvalue weighted by Gasteiger charge is 2.18. The lowest BCUT2D eigenvalue weighted by atomic mass is 10.00. The Morgan fingerprint density at radius 1 is 0.360 bits per heavy atom. The second kappa shape index (κ2) is 11.4. The molecule has 0 bridgehead atoms. The predicted octanol–water partition coefficient (Wildman–Crippen LogP) is 11.4. The fourth-order valence-corrected chi connectivity index (χ4v) is 6.88. The van der Waals surface area contributed by atoms with Crippen molar-refractivity contribution >= 4 is 43.9 Å². The topological polar surface area (TPSA) is 77.8 Å². The van der Waals surface area contributed by atoms with E-state index in [-0.39, 0.29) is 0 Å². The van der Waals surface area contributed by atoms with Crippen molar-refractivity contribution in [3.05, 3.63) is 158 Å². The van der Waals surface area contributed by atoms with Crippen LogP contribution in [0.25, 0.3) is 100 Å². The fourth-order valence-electron chi connectivity index (χ4n) is 6.88. The van der Waals surface area contributed by atoms with Crippen LogP contribution in [0.1, 0.15) is 0 Å². The van der Waals surface area contributed by atoms with E-state index in [1.807, 2.05) is 67.0 Å². The summed E-state index contributed by atoms with van der Waals surface area (Å²) in [6.45, 7) is 0. The van der Waals surface area contributed by atoms with Gasteiger partial charge in [0.2, 0.25) is 0 Å². The summed E-state index contributed by atoms with van der Waals surface area (Å²) in [4.78, 5) is 18.5. The molecule has 0 atom stereocenters. The van der Waals surface area contributed by atoms with Crippen LogP contribution in [0.5, 0.6) is 0 Å². The quantitative estimate of drug-likeness (QED) is 0.186. The third kappa shape index (κ3) is 4.65. The van der Waals surface area contributed by atoms with Crippen LogP contribution >= 0.6 is 0 Å². The molecule has 0 saturated heterocycles. The van der Waals surface area contributed by atoms with Crippen LogP contribution in [0.3, 0.4) is 0 Å². The molecule has 10 aromatic rings. The monoisotopic (exact) mass is 642 g/mol. The SMILES string of the molecule is c1ccc2c(c1)oc1c(-c3cccc4c3oc3cc(-c5nc(-c6ccncc6)cc(-c6ccc(-c7ccncc7)cc6)n5)ccc34)cccc12. The van der Waals surface area contributed by atoms with E-state index in [1.54, 1.807) is 12.4 Å². The smallest absolute Gasteiger partial charge is 0.160 e. The molecule has 0 N–H and O–H groups in total. The molecule has 0 unspecified atom stereocenters. The largest absolute Gasteiger partial charge is 0.455 e. The van der Waals surface area contributed by atoms with Gasteiger partial charge in [-0.3, -0.25) is 9.97 Å². The number of hydrogen-bond acceptors (Lipinski definition) is 6. The lowest BCUT2D eigenvalue weighted by Crippen LogP contribution is -1.96. The van der Waals surface area contributed by atoms with Gasteiger partial charge in [-0.15, -0.1) is 0 Å². The maximum Gasteiger partial charge on any atom is 0.160 e. The molecule has 0 aliphatic heterocycles. The molecule has 50 heavy (non-hydrogen) atoms. The van der Waals surface area contributed by atoms with Crippen molar-refractivity contribution in [1.29, 1.82) is 0 Å². The first-order valence-corrected chi connectivity index (χ1v) is 16.4. The van der Waals surface area contributed by atoms with Gasteiger partial charge in [-0.05, 0) is 59.7 Å². The fraction of sp³-hybridized carbons (Fsp3) is 0. The summed E-state index contributed by atoms with van der Waals surface area (Å²) in [5.74, 6) is 0.613. The summed E-state index contributed by atoms with van der Waals surface area (Å²) in [7, 11) is 0. The van der Waals surface area contributed by atoms with Gasteiger partial charge >= 0.3 is 0 Å². The molecular weight excluding hydrogens is 617 g/mol. The van der Waals surface area contributed by atoms with Crippen molar-refractivity contribution in [2.24, 2.45) is 0 Å². The van der Waals surface area contributed by atoms with Gasteiger partial charge in [-0.25, -0.2) is 9.97 Å². The van der Waals surface area contributed by atoms with Gasteiger partial charge in [-0.2, -0.15) is 0 Å². The first-order chi connectivity index (χ1) is 24.8. The van der Waals surface area contributed by atoms with Crippen LogP contribution in [-0.2, 0) is 0 Å². The third-order valence-electron chi connectivity index (χ3n) is 9.35. The highest BCUT2D eigenvalue weighted by Crippen LogP contribution is 2.41. The first-order valence-electron chi connectivity index (χ1n) is 16.4. The summed E-state index contributed by atoms with van der Waals surface area (Å²) in [6.07, 6.45) is 7.18. The molecule has 0 amide bonds. The Balaban J connectivity index is 1.11. The Morgan fingerprint density at radius 3 is 1.54 bits per heavy atom. The van der Waals surface area contributed by atoms with Crippen LogP contribution < -0.4 is 0 Å². The van der Waals surface area contributed by atoms with Crippen molar-refractivity contribution < 1.29 is 8.83 Å². The number of hydrogen-bond donors (Lipinski definition) is 0. The van der Waals surface area contributed by atoms with Crippen LogP contribution in [0.2, 0.25) is 0 Å². The number of para-hydroxylation sites is 3. The maximum absolute atomic E-state index is 6.70. The molecule has 0 saturated carbocycles. The minimum Gasteiger partial charge on any atom is -0.455 e. The predicted molar refractivity (Wildman–Crippen MR) is 199 cm³/mol.